The van der Waals surface area contributed by atoms with Gasteiger partial charge in [0, 0.05) is 12.6 Å². The molecule has 1 saturated carbocycles. The summed E-state index contributed by atoms with van der Waals surface area (Å²) in [4.78, 5) is 11.7. The first-order valence-electron chi connectivity index (χ1n) is 8.44. The fourth-order valence-electron chi connectivity index (χ4n) is 3.04. The predicted octanol–water partition coefficient (Wildman–Crippen LogP) is 2.25. The molecule has 1 rings (SSSR count). The summed E-state index contributed by atoms with van der Waals surface area (Å²) in [5.74, 6) is 0.623. The SMILES string of the molecule is CCCC(S)C(=O)NCCC(O)C(N)CC1CCCCC1. The van der Waals surface area contributed by atoms with Crippen molar-refractivity contribution in [1.29, 1.82) is 0 Å². The lowest BCUT2D eigenvalue weighted by atomic mass is 9.83. The maximum absolute atomic E-state index is 11.7. The van der Waals surface area contributed by atoms with Crippen LogP contribution in [0.3, 0.4) is 0 Å². The highest BCUT2D eigenvalue weighted by Gasteiger charge is 2.22. The van der Waals surface area contributed by atoms with Crippen LogP contribution in [0.1, 0.15) is 64.7 Å². The number of nitrogens with two attached hydrogens (primary N) is 1. The number of aliphatic hydroxyl groups is 1. The fraction of sp³-hybridized carbons (Fsp3) is 0.938. The Balaban J connectivity index is 2.16. The lowest BCUT2D eigenvalue weighted by Crippen LogP contribution is -2.40. The Labute approximate surface area is 134 Å². The lowest BCUT2D eigenvalue weighted by molar-refractivity contribution is -0.120. The van der Waals surface area contributed by atoms with Crippen molar-refractivity contribution >= 4 is 18.5 Å². The highest BCUT2D eigenvalue weighted by molar-refractivity contribution is 7.81. The lowest BCUT2D eigenvalue weighted by Gasteiger charge is -2.27. The van der Waals surface area contributed by atoms with Crippen LogP contribution in [0.25, 0.3) is 0 Å². The van der Waals surface area contributed by atoms with Crippen LogP contribution < -0.4 is 11.1 Å². The van der Waals surface area contributed by atoms with E-state index in [9.17, 15) is 9.90 Å². The molecule has 4 nitrogen and oxygen atoms in total. The third-order valence-electron chi connectivity index (χ3n) is 4.43. The van der Waals surface area contributed by atoms with E-state index in [4.69, 9.17) is 5.73 Å². The zero-order valence-electron chi connectivity index (χ0n) is 13.3. The number of hydrogen-bond donors (Lipinski definition) is 4. The highest BCUT2D eigenvalue weighted by atomic mass is 32.1. The molecule has 4 N–H and O–H groups in total. The summed E-state index contributed by atoms with van der Waals surface area (Å²) in [5.41, 5.74) is 6.09. The van der Waals surface area contributed by atoms with E-state index < -0.39 is 6.10 Å². The molecule has 0 aliphatic heterocycles. The Morgan fingerprint density at radius 1 is 1.33 bits per heavy atom. The number of hydrogen-bond acceptors (Lipinski definition) is 4. The average molecular weight is 317 g/mol. The Hall–Kier alpha value is -0.260. The van der Waals surface area contributed by atoms with Crippen molar-refractivity contribution in [1.82, 2.24) is 5.32 Å². The Kier molecular flexibility index (Phi) is 9.36. The van der Waals surface area contributed by atoms with Gasteiger partial charge in [-0.3, -0.25) is 4.79 Å². The van der Waals surface area contributed by atoms with Gasteiger partial charge < -0.3 is 16.2 Å². The maximum atomic E-state index is 11.7. The molecule has 3 unspecified atom stereocenters. The minimum Gasteiger partial charge on any atom is -0.391 e. The van der Waals surface area contributed by atoms with Gasteiger partial charge in [0.2, 0.25) is 5.91 Å². The number of carbonyl (C=O) groups is 1. The van der Waals surface area contributed by atoms with E-state index in [-0.39, 0.29) is 17.2 Å². The van der Waals surface area contributed by atoms with Gasteiger partial charge in [0.15, 0.2) is 0 Å². The molecule has 0 bridgehead atoms. The summed E-state index contributed by atoms with van der Waals surface area (Å²) >= 11 is 4.26. The molecule has 0 heterocycles. The van der Waals surface area contributed by atoms with Gasteiger partial charge in [0.05, 0.1) is 11.4 Å². The molecule has 21 heavy (non-hydrogen) atoms. The predicted molar refractivity (Wildman–Crippen MR) is 90.5 cm³/mol. The Bertz CT molecular complexity index is 296. The third kappa shape index (κ3) is 7.52. The van der Waals surface area contributed by atoms with E-state index >= 15 is 0 Å². The first kappa shape index (κ1) is 18.8. The summed E-state index contributed by atoms with van der Waals surface area (Å²) in [7, 11) is 0. The molecule has 0 spiro atoms. The molecule has 1 aliphatic rings. The Morgan fingerprint density at radius 3 is 2.62 bits per heavy atom. The van der Waals surface area contributed by atoms with E-state index in [1.54, 1.807) is 0 Å². The number of thiol groups is 1. The van der Waals surface area contributed by atoms with Crippen LogP contribution in [0.5, 0.6) is 0 Å². The van der Waals surface area contributed by atoms with Crippen LogP contribution in [0.4, 0.5) is 0 Å². The molecule has 0 aromatic heterocycles. The zero-order valence-corrected chi connectivity index (χ0v) is 14.2. The smallest absolute Gasteiger partial charge is 0.232 e. The Morgan fingerprint density at radius 2 is 2.00 bits per heavy atom. The number of carbonyl (C=O) groups excluding carboxylic acids is 1. The van der Waals surface area contributed by atoms with Gasteiger partial charge in [-0.2, -0.15) is 12.6 Å². The van der Waals surface area contributed by atoms with Crippen LogP contribution in [-0.4, -0.2) is 35.0 Å². The second-order valence-electron chi connectivity index (χ2n) is 6.36. The van der Waals surface area contributed by atoms with E-state index in [0.29, 0.717) is 18.9 Å². The molecule has 1 amide bonds. The molecule has 5 heteroatoms. The molecule has 1 fully saturated rings. The molecular weight excluding hydrogens is 284 g/mol. The molecule has 0 radical (unpaired) electrons. The summed E-state index contributed by atoms with van der Waals surface area (Å²) in [5, 5.41) is 12.7. The van der Waals surface area contributed by atoms with Crippen molar-refractivity contribution in [2.45, 2.75) is 82.1 Å². The van der Waals surface area contributed by atoms with Gasteiger partial charge >= 0.3 is 0 Å². The minimum atomic E-state index is -0.531. The molecule has 0 saturated heterocycles. The molecule has 1 aliphatic carbocycles. The highest BCUT2D eigenvalue weighted by Crippen LogP contribution is 2.27. The summed E-state index contributed by atoms with van der Waals surface area (Å²) in [6, 6.07) is -0.174. The number of aliphatic hydroxyl groups excluding tert-OH is 1. The van der Waals surface area contributed by atoms with Gasteiger partial charge in [0.1, 0.15) is 0 Å². The monoisotopic (exact) mass is 316 g/mol. The average Bonchev–Trinajstić information content (AvgIpc) is 2.48. The molecule has 3 atom stereocenters. The van der Waals surface area contributed by atoms with Crippen molar-refractivity contribution in [2.24, 2.45) is 11.7 Å². The van der Waals surface area contributed by atoms with E-state index in [2.05, 4.69) is 17.9 Å². The van der Waals surface area contributed by atoms with Crippen molar-refractivity contribution in [3.05, 3.63) is 0 Å². The van der Waals surface area contributed by atoms with Crippen LogP contribution in [-0.2, 0) is 4.79 Å². The van der Waals surface area contributed by atoms with E-state index in [1.165, 1.54) is 32.1 Å². The fourth-order valence-corrected chi connectivity index (χ4v) is 3.39. The van der Waals surface area contributed by atoms with Crippen molar-refractivity contribution in [3.63, 3.8) is 0 Å². The first-order chi connectivity index (χ1) is 10.0. The van der Waals surface area contributed by atoms with Crippen LogP contribution in [0.15, 0.2) is 0 Å². The zero-order chi connectivity index (χ0) is 15.7. The van der Waals surface area contributed by atoms with Crippen LogP contribution in [0.2, 0.25) is 0 Å². The standard InChI is InChI=1S/C16H32N2O2S/c1-2-6-15(21)16(20)18-10-9-14(19)13(17)11-12-7-4-3-5-8-12/h12-15,19,21H,2-11,17H2,1H3,(H,18,20). The third-order valence-corrected chi connectivity index (χ3v) is 4.92. The van der Waals surface area contributed by atoms with Gasteiger partial charge in [-0.15, -0.1) is 0 Å². The van der Waals surface area contributed by atoms with Crippen molar-refractivity contribution < 1.29 is 9.90 Å². The van der Waals surface area contributed by atoms with Gasteiger partial charge in [-0.05, 0) is 25.2 Å². The van der Waals surface area contributed by atoms with E-state index in [0.717, 1.165) is 19.3 Å². The first-order valence-corrected chi connectivity index (χ1v) is 8.95. The second-order valence-corrected chi connectivity index (χ2v) is 6.98. The molecule has 124 valence electrons. The minimum absolute atomic E-state index is 0.0479. The number of nitrogens with one attached hydrogen (secondary N) is 1. The summed E-state index contributed by atoms with van der Waals surface area (Å²) < 4.78 is 0. The summed E-state index contributed by atoms with van der Waals surface area (Å²) in [6.07, 6.45) is 9.03. The van der Waals surface area contributed by atoms with Crippen molar-refractivity contribution in [2.75, 3.05) is 6.54 Å². The van der Waals surface area contributed by atoms with Gasteiger partial charge in [-0.1, -0.05) is 45.4 Å². The number of rotatable bonds is 9. The van der Waals surface area contributed by atoms with Gasteiger partial charge in [0.25, 0.3) is 0 Å². The van der Waals surface area contributed by atoms with Crippen LogP contribution in [0, 0.1) is 5.92 Å². The number of amides is 1. The van der Waals surface area contributed by atoms with E-state index in [1.807, 2.05) is 6.92 Å². The van der Waals surface area contributed by atoms with Crippen molar-refractivity contribution in [3.8, 4) is 0 Å². The maximum Gasteiger partial charge on any atom is 0.232 e. The quantitative estimate of drug-likeness (QED) is 0.493. The molecule has 0 aromatic carbocycles. The topological polar surface area (TPSA) is 75.3 Å². The molecular formula is C16H32N2O2S. The normalized spacial score (nSPS) is 20.8. The molecule has 0 aromatic rings. The largest absolute Gasteiger partial charge is 0.391 e. The summed E-state index contributed by atoms with van der Waals surface area (Å²) in [6.45, 7) is 2.50. The second kappa shape index (κ2) is 10.5. The van der Waals surface area contributed by atoms with Crippen LogP contribution >= 0.6 is 12.6 Å². The van der Waals surface area contributed by atoms with Gasteiger partial charge in [-0.25, -0.2) is 0 Å².